The molecule has 1 aromatic rings. The van der Waals surface area contributed by atoms with Crippen molar-refractivity contribution in [2.24, 2.45) is 0 Å². The second-order valence-corrected chi connectivity index (χ2v) is 6.76. The summed E-state index contributed by atoms with van der Waals surface area (Å²) < 4.78 is 26.9. The van der Waals surface area contributed by atoms with Gasteiger partial charge in [-0.2, -0.15) is 0 Å². The van der Waals surface area contributed by atoms with E-state index in [0.29, 0.717) is 5.56 Å². The fourth-order valence-electron chi connectivity index (χ4n) is 1.58. The van der Waals surface area contributed by atoms with Crippen LogP contribution in [0.15, 0.2) is 17.0 Å². The number of nitrogen functional groups attached to an aromatic ring is 1. The molecular weight excluding hydrogens is 304 g/mol. The maximum Gasteiger partial charge on any atom is 0.241 e. The Labute approximate surface area is 123 Å². The quantitative estimate of drug-likeness (QED) is 0.574. The summed E-state index contributed by atoms with van der Waals surface area (Å²) >= 11 is 5.93. The first-order valence-electron chi connectivity index (χ1n) is 6.02. The molecule has 0 spiro atoms. The molecule has 1 aromatic carbocycles. The number of benzene rings is 1. The number of hydrogen-bond donors (Lipinski definition) is 4. The van der Waals surface area contributed by atoms with Gasteiger partial charge in [-0.15, -0.1) is 0 Å². The van der Waals surface area contributed by atoms with Crippen LogP contribution in [0.2, 0.25) is 5.02 Å². The Morgan fingerprint density at radius 2 is 1.90 bits per heavy atom. The van der Waals surface area contributed by atoms with Crippen LogP contribution in [0.5, 0.6) is 0 Å². The van der Waals surface area contributed by atoms with Crippen molar-refractivity contribution >= 4 is 27.3 Å². The molecule has 0 aromatic heterocycles. The van der Waals surface area contributed by atoms with Gasteiger partial charge in [-0.25, -0.2) is 13.1 Å². The van der Waals surface area contributed by atoms with Crippen LogP contribution in [0.3, 0.4) is 0 Å². The fourth-order valence-corrected chi connectivity index (χ4v) is 3.39. The number of sulfonamides is 1. The van der Waals surface area contributed by atoms with Gasteiger partial charge in [-0.3, -0.25) is 0 Å². The molecule has 0 saturated heterocycles. The molecule has 1 rings (SSSR count). The number of nitrogens with two attached hydrogens (primary N) is 1. The normalized spacial score (nSPS) is 12.7. The molecule has 0 unspecified atom stereocenters. The molecule has 0 saturated carbocycles. The standard InChI is InChI=1S/C12H19ClN2O4S/c1-3-12(6-16,7-17)15-20(18,19)9-4-10(13)8(2)11(14)5-9/h4-5,15-17H,3,6-7,14H2,1-2H3. The van der Waals surface area contributed by atoms with E-state index in [-0.39, 0.29) is 22.0 Å². The summed E-state index contributed by atoms with van der Waals surface area (Å²) in [6.07, 6.45) is 0.230. The number of rotatable bonds is 6. The molecule has 0 bridgehead atoms. The van der Waals surface area contributed by atoms with Crippen LogP contribution >= 0.6 is 11.6 Å². The number of anilines is 1. The molecule has 5 N–H and O–H groups in total. The van der Waals surface area contributed by atoms with Crippen molar-refractivity contribution in [1.82, 2.24) is 4.72 Å². The van der Waals surface area contributed by atoms with Crippen LogP contribution in [0.4, 0.5) is 5.69 Å². The third-order valence-corrected chi connectivity index (χ3v) is 5.25. The zero-order chi connectivity index (χ0) is 15.6. The summed E-state index contributed by atoms with van der Waals surface area (Å²) in [4.78, 5) is -0.106. The maximum atomic E-state index is 12.3. The number of hydrogen-bond acceptors (Lipinski definition) is 5. The molecule has 0 aliphatic heterocycles. The zero-order valence-corrected chi connectivity index (χ0v) is 12.9. The second-order valence-electron chi connectivity index (χ2n) is 4.67. The molecule has 0 atom stereocenters. The minimum absolute atomic E-state index is 0.106. The van der Waals surface area contributed by atoms with Gasteiger partial charge in [0.1, 0.15) is 0 Å². The van der Waals surface area contributed by atoms with E-state index < -0.39 is 28.8 Å². The summed E-state index contributed by atoms with van der Waals surface area (Å²) in [5, 5.41) is 18.8. The van der Waals surface area contributed by atoms with Crippen molar-refractivity contribution in [1.29, 1.82) is 0 Å². The molecule has 0 fully saturated rings. The Kier molecular flexibility index (Phi) is 5.39. The summed E-state index contributed by atoms with van der Waals surface area (Å²) in [5.74, 6) is 0. The zero-order valence-electron chi connectivity index (χ0n) is 11.4. The van der Waals surface area contributed by atoms with E-state index in [1.807, 2.05) is 0 Å². The first kappa shape index (κ1) is 17.2. The number of aliphatic hydroxyl groups is 2. The van der Waals surface area contributed by atoms with E-state index in [2.05, 4.69) is 4.72 Å². The van der Waals surface area contributed by atoms with E-state index >= 15 is 0 Å². The molecule has 0 aliphatic carbocycles. The average molecular weight is 323 g/mol. The first-order valence-corrected chi connectivity index (χ1v) is 7.89. The minimum atomic E-state index is -3.95. The molecule has 0 aliphatic rings. The number of aliphatic hydroxyl groups excluding tert-OH is 2. The van der Waals surface area contributed by atoms with Crippen molar-refractivity contribution in [3.8, 4) is 0 Å². The summed E-state index contributed by atoms with van der Waals surface area (Å²) in [5.41, 5.74) is 5.24. The van der Waals surface area contributed by atoms with Gasteiger partial charge in [0, 0.05) is 10.7 Å². The predicted octanol–water partition coefficient (Wildman–Crippen LogP) is 0.642. The smallest absolute Gasteiger partial charge is 0.241 e. The molecule has 114 valence electrons. The van der Waals surface area contributed by atoms with Crippen LogP contribution in [0.25, 0.3) is 0 Å². The topological polar surface area (TPSA) is 113 Å². The van der Waals surface area contributed by atoms with E-state index in [1.54, 1.807) is 13.8 Å². The van der Waals surface area contributed by atoms with Crippen molar-refractivity contribution < 1.29 is 18.6 Å². The van der Waals surface area contributed by atoms with Gasteiger partial charge in [-0.05, 0) is 31.0 Å². The van der Waals surface area contributed by atoms with Crippen LogP contribution in [-0.4, -0.2) is 37.4 Å². The lowest BCUT2D eigenvalue weighted by Crippen LogP contribution is -2.53. The van der Waals surface area contributed by atoms with Gasteiger partial charge >= 0.3 is 0 Å². The summed E-state index contributed by atoms with van der Waals surface area (Å²) in [6, 6.07) is 2.57. The molecule has 8 heteroatoms. The van der Waals surface area contributed by atoms with E-state index in [0.717, 1.165) is 0 Å². The third-order valence-electron chi connectivity index (χ3n) is 3.30. The SMILES string of the molecule is CCC(CO)(CO)NS(=O)(=O)c1cc(N)c(C)c(Cl)c1. The Hall–Kier alpha value is -0.860. The number of halogens is 1. The summed E-state index contributed by atoms with van der Waals surface area (Å²) in [6.45, 7) is 2.30. The van der Waals surface area contributed by atoms with Gasteiger partial charge in [0.05, 0.1) is 23.6 Å². The lowest BCUT2D eigenvalue weighted by molar-refractivity contribution is 0.105. The molecule has 6 nitrogen and oxygen atoms in total. The largest absolute Gasteiger partial charge is 0.398 e. The fraction of sp³-hybridized carbons (Fsp3) is 0.500. The Morgan fingerprint density at radius 3 is 2.30 bits per heavy atom. The van der Waals surface area contributed by atoms with E-state index in [9.17, 15) is 18.6 Å². The van der Waals surface area contributed by atoms with Crippen molar-refractivity contribution in [2.45, 2.75) is 30.7 Å². The highest BCUT2D eigenvalue weighted by molar-refractivity contribution is 7.89. The maximum absolute atomic E-state index is 12.3. The lowest BCUT2D eigenvalue weighted by atomic mass is 10.0. The lowest BCUT2D eigenvalue weighted by Gasteiger charge is -2.29. The molecule has 0 amide bonds. The third kappa shape index (κ3) is 3.42. The Bertz CT molecular complexity index is 554. The molecular formula is C12H19ClN2O4S. The molecule has 20 heavy (non-hydrogen) atoms. The van der Waals surface area contributed by atoms with Gasteiger partial charge in [0.25, 0.3) is 0 Å². The highest BCUT2D eigenvalue weighted by Crippen LogP contribution is 2.26. The van der Waals surface area contributed by atoms with Gasteiger partial charge in [0.2, 0.25) is 10.0 Å². The van der Waals surface area contributed by atoms with Crippen molar-refractivity contribution in [2.75, 3.05) is 18.9 Å². The summed E-state index contributed by atoms with van der Waals surface area (Å²) in [7, 11) is -3.95. The van der Waals surface area contributed by atoms with Gasteiger partial charge in [0.15, 0.2) is 0 Å². The minimum Gasteiger partial charge on any atom is -0.398 e. The number of nitrogens with one attached hydrogen (secondary N) is 1. The monoisotopic (exact) mass is 322 g/mol. The van der Waals surface area contributed by atoms with Crippen molar-refractivity contribution in [3.05, 3.63) is 22.7 Å². The highest BCUT2D eigenvalue weighted by Gasteiger charge is 2.33. The molecule has 0 heterocycles. The second kappa shape index (κ2) is 6.28. The van der Waals surface area contributed by atoms with Crippen molar-refractivity contribution in [3.63, 3.8) is 0 Å². The van der Waals surface area contributed by atoms with Crippen LogP contribution in [-0.2, 0) is 10.0 Å². The van der Waals surface area contributed by atoms with Crippen LogP contribution < -0.4 is 10.5 Å². The van der Waals surface area contributed by atoms with Crippen LogP contribution in [0.1, 0.15) is 18.9 Å². The van der Waals surface area contributed by atoms with Gasteiger partial charge in [-0.1, -0.05) is 18.5 Å². The predicted molar refractivity (Wildman–Crippen MR) is 78.1 cm³/mol. The Morgan fingerprint density at radius 1 is 1.35 bits per heavy atom. The first-order chi connectivity index (χ1) is 9.21. The molecule has 0 radical (unpaired) electrons. The highest BCUT2D eigenvalue weighted by atomic mass is 35.5. The van der Waals surface area contributed by atoms with Crippen LogP contribution in [0, 0.1) is 6.92 Å². The average Bonchev–Trinajstić information content (AvgIpc) is 2.41. The van der Waals surface area contributed by atoms with Gasteiger partial charge < -0.3 is 15.9 Å². The van der Waals surface area contributed by atoms with E-state index in [1.165, 1.54) is 12.1 Å². The van der Waals surface area contributed by atoms with E-state index in [4.69, 9.17) is 17.3 Å². The Balaban J connectivity index is 3.24.